The highest BCUT2D eigenvalue weighted by molar-refractivity contribution is 5.79. The summed E-state index contributed by atoms with van der Waals surface area (Å²) in [6, 6.07) is 3.79. The number of pyridine rings is 1. The fourth-order valence-electron chi connectivity index (χ4n) is 1.67. The molecule has 1 aliphatic rings. The minimum absolute atomic E-state index is 0.0754. The van der Waals surface area contributed by atoms with Crippen molar-refractivity contribution in [3.05, 3.63) is 18.3 Å². The zero-order valence-electron chi connectivity index (χ0n) is 9.19. The van der Waals surface area contributed by atoms with Crippen LogP contribution in [0.3, 0.4) is 0 Å². The van der Waals surface area contributed by atoms with E-state index in [9.17, 15) is 4.79 Å². The molecule has 0 aliphatic carbocycles. The van der Waals surface area contributed by atoms with Crippen molar-refractivity contribution in [2.45, 2.75) is 19.4 Å². The number of hydrogen-bond acceptors (Lipinski definition) is 4. The van der Waals surface area contributed by atoms with Crippen LogP contribution in [0.15, 0.2) is 18.3 Å². The Morgan fingerprint density at radius 1 is 1.69 bits per heavy atom. The molecule has 1 aromatic rings. The average Bonchev–Trinajstić information content (AvgIpc) is 2.67. The quantitative estimate of drug-likeness (QED) is 0.788. The van der Waals surface area contributed by atoms with E-state index in [4.69, 9.17) is 4.74 Å². The minimum Gasteiger partial charge on any atom is -0.490 e. The Morgan fingerprint density at radius 2 is 2.56 bits per heavy atom. The van der Waals surface area contributed by atoms with Gasteiger partial charge < -0.3 is 15.4 Å². The van der Waals surface area contributed by atoms with Crippen molar-refractivity contribution in [3.8, 4) is 5.75 Å². The number of nitrogens with one attached hydrogen (secondary N) is 2. The van der Waals surface area contributed by atoms with Crippen LogP contribution in [-0.4, -0.2) is 30.1 Å². The van der Waals surface area contributed by atoms with Gasteiger partial charge in [-0.2, -0.15) is 0 Å². The molecule has 0 aromatic carbocycles. The lowest BCUT2D eigenvalue weighted by atomic mass is 10.2. The third-order valence-electron chi connectivity index (χ3n) is 2.39. The van der Waals surface area contributed by atoms with Crippen LogP contribution in [0.25, 0.3) is 0 Å². The fourth-order valence-corrected chi connectivity index (χ4v) is 1.67. The zero-order chi connectivity index (χ0) is 11.4. The monoisotopic (exact) mass is 221 g/mol. The number of amides is 1. The number of anilines is 1. The standard InChI is InChI=1S/C11H15N3O2/c1-2-16-9-4-3-5-12-11(9)14-8-6-10(15)13-7-8/h3-5,8H,2,6-7H2,1H3,(H,12,14)(H,13,15). The van der Waals surface area contributed by atoms with E-state index < -0.39 is 0 Å². The van der Waals surface area contributed by atoms with Crippen LogP contribution in [0.2, 0.25) is 0 Å². The predicted octanol–water partition coefficient (Wildman–Crippen LogP) is 0.781. The fraction of sp³-hybridized carbons (Fsp3) is 0.455. The van der Waals surface area contributed by atoms with Gasteiger partial charge >= 0.3 is 0 Å². The van der Waals surface area contributed by atoms with E-state index in [-0.39, 0.29) is 11.9 Å². The number of aromatic nitrogens is 1. The molecule has 1 unspecified atom stereocenters. The van der Waals surface area contributed by atoms with Crippen molar-refractivity contribution in [2.24, 2.45) is 0 Å². The van der Waals surface area contributed by atoms with Gasteiger partial charge in [-0.15, -0.1) is 0 Å². The highest BCUT2D eigenvalue weighted by Gasteiger charge is 2.22. The van der Waals surface area contributed by atoms with Gasteiger partial charge in [-0.05, 0) is 19.1 Å². The van der Waals surface area contributed by atoms with Crippen LogP contribution >= 0.6 is 0 Å². The maximum absolute atomic E-state index is 11.1. The largest absolute Gasteiger partial charge is 0.490 e. The van der Waals surface area contributed by atoms with Crippen LogP contribution in [0, 0.1) is 0 Å². The van der Waals surface area contributed by atoms with Crippen molar-refractivity contribution in [1.82, 2.24) is 10.3 Å². The molecule has 0 saturated carbocycles. The summed E-state index contributed by atoms with van der Waals surface area (Å²) in [6.45, 7) is 3.17. The van der Waals surface area contributed by atoms with Crippen LogP contribution in [0.4, 0.5) is 5.82 Å². The highest BCUT2D eigenvalue weighted by atomic mass is 16.5. The summed E-state index contributed by atoms with van der Waals surface area (Å²) in [4.78, 5) is 15.3. The Kier molecular flexibility index (Phi) is 3.24. The normalized spacial score (nSPS) is 19.3. The number of hydrogen-bond donors (Lipinski definition) is 2. The molecule has 0 spiro atoms. The number of nitrogens with zero attached hydrogens (tertiary/aromatic N) is 1. The lowest BCUT2D eigenvalue weighted by molar-refractivity contribution is -0.119. The second kappa shape index (κ2) is 4.83. The van der Waals surface area contributed by atoms with Gasteiger partial charge in [-0.25, -0.2) is 4.98 Å². The molecule has 1 fully saturated rings. The van der Waals surface area contributed by atoms with Gasteiger partial charge in [0.2, 0.25) is 5.91 Å². The molecule has 2 rings (SSSR count). The Balaban J connectivity index is 2.05. The SMILES string of the molecule is CCOc1cccnc1NC1CNC(=O)C1. The molecule has 5 heteroatoms. The maximum atomic E-state index is 11.1. The van der Waals surface area contributed by atoms with Gasteiger partial charge in [-0.1, -0.05) is 0 Å². The third kappa shape index (κ3) is 2.42. The first-order chi connectivity index (χ1) is 7.79. The topological polar surface area (TPSA) is 63.2 Å². The average molecular weight is 221 g/mol. The second-order valence-corrected chi connectivity index (χ2v) is 3.63. The van der Waals surface area contributed by atoms with E-state index in [1.807, 2.05) is 19.1 Å². The maximum Gasteiger partial charge on any atom is 0.222 e. The second-order valence-electron chi connectivity index (χ2n) is 3.63. The van der Waals surface area contributed by atoms with Crippen molar-refractivity contribution in [1.29, 1.82) is 0 Å². The molecule has 1 saturated heterocycles. The third-order valence-corrected chi connectivity index (χ3v) is 2.39. The van der Waals surface area contributed by atoms with E-state index in [0.29, 0.717) is 25.4 Å². The van der Waals surface area contributed by atoms with Gasteiger partial charge in [0.25, 0.3) is 0 Å². The molecular weight excluding hydrogens is 206 g/mol. The van der Waals surface area contributed by atoms with E-state index >= 15 is 0 Å². The molecule has 86 valence electrons. The number of carbonyl (C=O) groups excluding carboxylic acids is 1. The summed E-state index contributed by atoms with van der Waals surface area (Å²) in [5.41, 5.74) is 0. The number of carbonyl (C=O) groups is 1. The van der Waals surface area contributed by atoms with E-state index in [1.165, 1.54) is 0 Å². The molecule has 2 N–H and O–H groups in total. The molecule has 1 aliphatic heterocycles. The molecule has 5 nitrogen and oxygen atoms in total. The van der Waals surface area contributed by atoms with Gasteiger partial charge in [0.15, 0.2) is 11.6 Å². The van der Waals surface area contributed by atoms with E-state index in [2.05, 4.69) is 15.6 Å². The van der Waals surface area contributed by atoms with Crippen LogP contribution in [0.1, 0.15) is 13.3 Å². The summed E-state index contributed by atoms with van der Waals surface area (Å²) in [6.07, 6.45) is 2.19. The number of rotatable bonds is 4. The van der Waals surface area contributed by atoms with Crippen molar-refractivity contribution < 1.29 is 9.53 Å². The van der Waals surface area contributed by atoms with Crippen LogP contribution in [0.5, 0.6) is 5.75 Å². The molecule has 2 heterocycles. The van der Waals surface area contributed by atoms with E-state index in [0.717, 1.165) is 5.75 Å². The first-order valence-electron chi connectivity index (χ1n) is 5.40. The van der Waals surface area contributed by atoms with Crippen LogP contribution < -0.4 is 15.4 Å². The molecule has 1 atom stereocenters. The summed E-state index contributed by atoms with van der Waals surface area (Å²) >= 11 is 0. The summed E-state index contributed by atoms with van der Waals surface area (Å²) in [5.74, 6) is 1.50. The molecule has 1 aromatic heterocycles. The molecule has 0 bridgehead atoms. The van der Waals surface area contributed by atoms with Gasteiger partial charge in [0.1, 0.15) is 0 Å². The smallest absolute Gasteiger partial charge is 0.222 e. The van der Waals surface area contributed by atoms with Crippen molar-refractivity contribution in [2.75, 3.05) is 18.5 Å². The zero-order valence-corrected chi connectivity index (χ0v) is 9.19. The van der Waals surface area contributed by atoms with Gasteiger partial charge in [0, 0.05) is 19.2 Å². The lowest BCUT2D eigenvalue weighted by Crippen LogP contribution is -2.23. The molecule has 1 amide bonds. The van der Waals surface area contributed by atoms with Crippen molar-refractivity contribution >= 4 is 11.7 Å². The molecular formula is C11H15N3O2. The van der Waals surface area contributed by atoms with Gasteiger partial charge in [0.05, 0.1) is 12.6 Å². The Morgan fingerprint density at radius 3 is 3.25 bits per heavy atom. The highest BCUT2D eigenvalue weighted by Crippen LogP contribution is 2.22. The Hall–Kier alpha value is -1.78. The number of ether oxygens (including phenoxy) is 1. The Bertz CT molecular complexity index is 381. The van der Waals surface area contributed by atoms with E-state index in [1.54, 1.807) is 6.20 Å². The summed E-state index contributed by atoms with van der Waals surface area (Å²) < 4.78 is 5.44. The predicted molar refractivity (Wildman–Crippen MR) is 60.4 cm³/mol. The summed E-state index contributed by atoms with van der Waals surface area (Å²) in [7, 11) is 0. The molecule has 0 radical (unpaired) electrons. The van der Waals surface area contributed by atoms with Crippen molar-refractivity contribution in [3.63, 3.8) is 0 Å². The first kappa shape index (κ1) is 10.7. The first-order valence-corrected chi connectivity index (χ1v) is 5.40. The lowest BCUT2D eigenvalue weighted by Gasteiger charge is -2.14. The van der Waals surface area contributed by atoms with Crippen LogP contribution in [-0.2, 0) is 4.79 Å². The Labute approximate surface area is 94.2 Å². The minimum atomic E-state index is 0.0754. The molecule has 16 heavy (non-hydrogen) atoms. The summed E-state index contributed by atoms with van der Waals surface area (Å²) in [5, 5.41) is 5.98. The van der Waals surface area contributed by atoms with Gasteiger partial charge in [-0.3, -0.25) is 4.79 Å².